The van der Waals surface area contributed by atoms with E-state index in [1.807, 2.05) is 25.1 Å². The number of anilines is 1. The second kappa shape index (κ2) is 11.8. The van der Waals surface area contributed by atoms with Crippen LogP contribution in [-0.2, 0) is 14.8 Å². The third kappa shape index (κ3) is 6.42. The molecule has 0 atom stereocenters. The van der Waals surface area contributed by atoms with E-state index in [0.717, 1.165) is 14.9 Å². The van der Waals surface area contributed by atoms with Crippen LogP contribution in [0.2, 0.25) is 0 Å². The zero-order valence-electron chi connectivity index (χ0n) is 19.2. The molecular formula is C24H27N3O5S2. The largest absolute Gasteiger partial charge is 0.493 e. The van der Waals surface area contributed by atoms with Crippen molar-refractivity contribution in [2.75, 3.05) is 37.4 Å². The monoisotopic (exact) mass is 501 g/mol. The number of carbonyl (C=O) groups excluding carboxylic acids is 1. The Morgan fingerprint density at radius 3 is 2.41 bits per heavy atom. The molecule has 0 unspecified atom stereocenters. The summed E-state index contributed by atoms with van der Waals surface area (Å²) in [6.45, 7) is 1.91. The molecule has 0 aliphatic carbocycles. The van der Waals surface area contributed by atoms with Crippen molar-refractivity contribution < 1.29 is 22.7 Å². The van der Waals surface area contributed by atoms with Crippen molar-refractivity contribution in [2.24, 2.45) is 0 Å². The van der Waals surface area contributed by atoms with Crippen LogP contribution in [0.5, 0.6) is 11.5 Å². The Labute approximate surface area is 204 Å². The molecule has 1 heterocycles. The first-order valence-electron chi connectivity index (χ1n) is 10.5. The number of nitrogens with one attached hydrogen (secondary N) is 1. The highest BCUT2D eigenvalue weighted by atomic mass is 32.2. The molecule has 0 aliphatic rings. The number of rotatable bonds is 11. The Morgan fingerprint density at radius 2 is 1.76 bits per heavy atom. The SMILES string of the molecule is COc1ccc(S(=O)(=O)N(CC(=O)NCCSc2ccccn2)c2ccc(C)cc2)cc1OC. The summed E-state index contributed by atoms with van der Waals surface area (Å²) in [5.74, 6) is 0.886. The van der Waals surface area contributed by atoms with Crippen LogP contribution in [0.25, 0.3) is 0 Å². The van der Waals surface area contributed by atoms with Crippen LogP contribution in [0, 0.1) is 6.92 Å². The van der Waals surface area contributed by atoms with Crippen molar-refractivity contribution in [1.82, 2.24) is 10.3 Å². The van der Waals surface area contributed by atoms with Gasteiger partial charge in [0.25, 0.3) is 10.0 Å². The van der Waals surface area contributed by atoms with Crippen LogP contribution in [0.15, 0.2) is 76.8 Å². The topological polar surface area (TPSA) is 97.8 Å². The number of nitrogens with zero attached hydrogens (tertiary/aromatic N) is 2. The average molecular weight is 502 g/mol. The van der Waals surface area contributed by atoms with Gasteiger partial charge in [-0.15, -0.1) is 11.8 Å². The highest BCUT2D eigenvalue weighted by Crippen LogP contribution is 2.32. The van der Waals surface area contributed by atoms with Gasteiger partial charge in [0.1, 0.15) is 6.54 Å². The first kappa shape index (κ1) is 25.4. The minimum Gasteiger partial charge on any atom is -0.493 e. The summed E-state index contributed by atoms with van der Waals surface area (Å²) < 4.78 is 38.7. The van der Waals surface area contributed by atoms with Gasteiger partial charge in [-0.3, -0.25) is 9.10 Å². The van der Waals surface area contributed by atoms with Crippen molar-refractivity contribution in [3.05, 3.63) is 72.4 Å². The molecule has 0 spiro atoms. The summed E-state index contributed by atoms with van der Waals surface area (Å²) in [7, 11) is -1.17. The number of carbonyl (C=O) groups is 1. The lowest BCUT2D eigenvalue weighted by Crippen LogP contribution is -2.41. The summed E-state index contributed by atoms with van der Waals surface area (Å²) in [5.41, 5.74) is 1.36. The lowest BCUT2D eigenvalue weighted by molar-refractivity contribution is -0.119. The first-order valence-corrected chi connectivity index (χ1v) is 12.9. The quantitative estimate of drug-likeness (QED) is 0.317. The van der Waals surface area contributed by atoms with Gasteiger partial charge in [-0.25, -0.2) is 13.4 Å². The van der Waals surface area contributed by atoms with Gasteiger partial charge >= 0.3 is 0 Å². The van der Waals surface area contributed by atoms with Crippen LogP contribution in [-0.4, -0.2) is 52.4 Å². The maximum atomic E-state index is 13.6. The van der Waals surface area contributed by atoms with E-state index < -0.39 is 15.9 Å². The van der Waals surface area contributed by atoms with Gasteiger partial charge in [0, 0.05) is 24.6 Å². The smallest absolute Gasteiger partial charge is 0.264 e. The number of benzene rings is 2. The van der Waals surface area contributed by atoms with Gasteiger partial charge in [0.2, 0.25) is 5.91 Å². The maximum Gasteiger partial charge on any atom is 0.264 e. The van der Waals surface area contributed by atoms with Crippen molar-refractivity contribution in [1.29, 1.82) is 0 Å². The molecule has 0 saturated carbocycles. The predicted molar refractivity (Wildman–Crippen MR) is 133 cm³/mol. The third-order valence-electron chi connectivity index (χ3n) is 4.86. The van der Waals surface area contributed by atoms with Crippen LogP contribution < -0.4 is 19.1 Å². The van der Waals surface area contributed by atoms with Gasteiger partial charge in [0.05, 0.1) is 29.8 Å². The zero-order valence-corrected chi connectivity index (χ0v) is 20.9. The lowest BCUT2D eigenvalue weighted by Gasteiger charge is -2.24. The van der Waals surface area contributed by atoms with Crippen molar-refractivity contribution >= 4 is 33.4 Å². The number of aryl methyl sites for hydroxylation is 1. The van der Waals surface area contributed by atoms with Gasteiger partial charge < -0.3 is 14.8 Å². The molecule has 2 aromatic carbocycles. The first-order chi connectivity index (χ1) is 16.3. The average Bonchev–Trinajstić information content (AvgIpc) is 2.86. The predicted octanol–water partition coefficient (Wildman–Crippen LogP) is 3.51. The number of hydrogen-bond donors (Lipinski definition) is 1. The molecule has 3 aromatic rings. The molecule has 1 amide bonds. The summed E-state index contributed by atoms with van der Waals surface area (Å²) >= 11 is 1.51. The number of sulfonamides is 1. The van der Waals surface area contributed by atoms with Crippen LogP contribution in [0.1, 0.15) is 5.56 Å². The molecule has 1 N–H and O–H groups in total. The normalized spacial score (nSPS) is 11.0. The molecule has 3 rings (SSSR count). The van der Waals surface area contributed by atoms with E-state index in [2.05, 4.69) is 10.3 Å². The second-order valence-electron chi connectivity index (χ2n) is 7.23. The summed E-state index contributed by atoms with van der Waals surface area (Å²) in [5, 5.41) is 3.65. The van der Waals surface area contributed by atoms with E-state index in [0.29, 0.717) is 23.7 Å². The van der Waals surface area contributed by atoms with Crippen LogP contribution >= 0.6 is 11.8 Å². The fourth-order valence-corrected chi connectivity index (χ4v) is 5.26. The van der Waals surface area contributed by atoms with E-state index in [1.165, 1.54) is 44.2 Å². The van der Waals surface area contributed by atoms with Gasteiger partial charge in [-0.05, 0) is 43.3 Å². The van der Waals surface area contributed by atoms with Gasteiger partial charge in [-0.2, -0.15) is 0 Å². The molecule has 10 heteroatoms. The fraction of sp³-hybridized carbons (Fsp3) is 0.250. The standard InChI is InChI=1S/C24H27N3O5S2/c1-18-7-9-19(10-8-18)27(17-23(28)25-14-15-33-24-6-4-5-13-26-24)34(29,30)20-11-12-21(31-2)22(16-20)32-3/h4-13,16H,14-15,17H2,1-3H3,(H,25,28). The highest BCUT2D eigenvalue weighted by Gasteiger charge is 2.28. The molecule has 0 aliphatic heterocycles. The molecular weight excluding hydrogens is 474 g/mol. The van der Waals surface area contributed by atoms with Crippen LogP contribution in [0.4, 0.5) is 5.69 Å². The Bertz CT molecular complexity index is 1200. The van der Waals surface area contributed by atoms with E-state index in [1.54, 1.807) is 30.5 Å². The number of pyridine rings is 1. The highest BCUT2D eigenvalue weighted by molar-refractivity contribution is 7.99. The van der Waals surface area contributed by atoms with Crippen molar-refractivity contribution in [2.45, 2.75) is 16.8 Å². The molecule has 1 aromatic heterocycles. The Morgan fingerprint density at radius 1 is 1.03 bits per heavy atom. The van der Waals surface area contributed by atoms with Crippen LogP contribution in [0.3, 0.4) is 0 Å². The van der Waals surface area contributed by atoms with E-state index in [4.69, 9.17) is 9.47 Å². The number of ether oxygens (including phenoxy) is 2. The van der Waals surface area contributed by atoms with Crippen molar-refractivity contribution in [3.8, 4) is 11.5 Å². The minimum absolute atomic E-state index is 0.00997. The number of hydrogen-bond acceptors (Lipinski definition) is 7. The number of aromatic nitrogens is 1. The zero-order chi connectivity index (χ0) is 24.6. The van der Waals surface area contributed by atoms with Crippen molar-refractivity contribution in [3.63, 3.8) is 0 Å². The Balaban J connectivity index is 1.78. The Hall–Kier alpha value is -3.24. The molecule has 0 radical (unpaired) electrons. The van der Waals surface area contributed by atoms with E-state index >= 15 is 0 Å². The lowest BCUT2D eigenvalue weighted by atomic mass is 10.2. The second-order valence-corrected chi connectivity index (χ2v) is 10.2. The fourth-order valence-electron chi connectivity index (χ4n) is 3.10. The molecule has 0 saturated heterocycles. The summed E-state index contributed by atoms with van der Waals surface area (Å²) in [6.07, 6.45) is 1.71. The minimum atomic E-state index is -4.07. The Kier molecular flexibility index (Phi) is 8.78. The third-order valence-corrected chi connectivity index (χ3v) is 7.58. The molecule has 8 nitrogen and oxygen atoms in total. The molecule has 0 bridgehead atoms. The molecule has 34 heavy (non-hydrogen) atoms. The number of thioether (sulfide) groups is 1. The summed E-state index contributed by atoms with van der Waals surface area (Å²) in [4.78, 5) is 16.9. The van der Waals surface area contributed by atoms with Gasteiger partial charge in [-0.1, -0.05) is 23.8 Å². The number of amides is 1. The molecule has 180 valence electrons. The maximum absolute atomic E-state index is 13.6. The van der Waals surface area contributed by atoms with E-state index in [9.17, 15) is 13.2 Å². The van der Waals surface area contributed by atoms with E-state index in [-0.39, 0.29) is 17.2 Å². The number of methoxy groups -OCH3 is 2. The van der Waals surface area contributed by atoms with Gasteiger partial charge in [0.15, 0.2) is 11.5 Å². The molecule has 0 fully saturated rings. The summed E-state index contributed by atoms with van der Waals surface area (Å²) in [6, 6.07) is 16.9.